The molecule has 7 nitrogen and oxygen atoms in total. The molecular weight excluding hydrogens is 302 g/mol. The van der Waals surface area contributed by atoms with Gasteiger partial charge in [0.25, 0.3) is 0 Å². The van der Waals surface area contributed by atoms with Gasteiger partial charge in [-0.3, -0.25) is 0 Å². The first-order valence-corrected chi connectivity index (χ1v) is 8.06. The van der Waals surface area contributed by atoms with Gasteiger partial charge in [-0.15, -0.1) is 0 Å². The first-order valence-electron chi connectivity index (χ1n) is 6.58. The summed E-state index contributed by atoms with van der Waals surface area (Å²) in [7, 11) is -3.84. The topological polar surface area (TPSA) is 114 Å². The number of rotatable bonds is 3. The van der Waals surface area contributed by atoms with Crippen molar-refractivity contribution in [1.82, 2.24) is 15.0 Å². The van der Waals surface area contributed by atoms with Gasteiger partial charge < -0.3 is 10.4 Å². The first-order chi connectivity index (χ1) is 10.4. The second-order valence-electron chi connectivity index (χ2n) is 4.93. The predicted molar refractivity (Wildman–Crippen MR) is 83.1 cm³/mol. The Kier molecular flexibility index (Phi) is 3.34. The van der Waals surface area contributed by atoms with E-state index in [0.717, 1.165) is 5.56 Å². The Hall–Kier alpha value is -2.45. The van der Waals surface area contributed by atoms with Crippen LogP contribution in [0.4, 0.5) is 5.82 Å². The number of sulfone groups is 1. The highest BCUT2D eigenvalue weighted by Crippen LogP contribution is 2.29. The van der Waals surface area contributed by atoms with Crippen molar-refractivity contribution >= 4 is 26.8 Å². The van der Waals surface area contributed by atoms with E-state index in [9.17, 15) is 8.42 Å². The van der Waals surface area contributed by atoms with E-state index >= 15 is 0 Å². The van der Waals surface area contributed by atoms with E-state index in [4.69, 9.17) is 5.84 Å². The van der Waals surface area contributed by atoms with Crippen LogP contribution in [0.2, 0.25) is 0 Å². The van der Waals surface area contributed by atoms with Gasteiger partial charge in [-0.2, -0.15) is 0 Å². The molecule has 0 aliphatic rings. The van der Waals surface area contributed by atoms with Gasteiger partial charge in [-0.25, -0.2) is 24.2 Å². The molecule has 0 saturated heterocycles. The summed E-state index contributed by atoms with van der Waals surface area (Å²) >= 11 is 0. The Labute approximate surface area is 127 Å². The van der Waals surface area contributed by atoms with Crippen molar-refractivity contribution in [2.45, 2.75) is 23.8 Å². The fourth-order valence-electron chi connectivity index (χ4n) is 2.26. The highest BCUT2D eigenvalue weighted by atomic mass is 32.2. The van der Waals surface area contributed by atoms with Crippen LogP contribution < -0.4 is 11.3 Å². The number of nitrogens with two attached hydrogens (primary N) is 1. The molecule has 0 bridgehead atoms. The maximum absolute atomic E-state index is 12.9. The van der Waals surface area contributed by atoms with Crippen molar-refractivity contribution in [2.24, 2.45) is 5.84 Å². The average Bonchev–Trinajstić information content (AvgIpc) is 2.95. The summed E-state index contributed by atoms with van der Waals surface area (Å²) in [4.78, 5) is 11.4. The number of aromatic nitrogens is 3. The van der Waals surface area contributed by atoms with E-state index in [1.165, 1.54) is 0 Å². The maximum Gasteiger partial charge on any atom is 0.227 e. The van der Waals surface area contributed by atoms with Crippen LogP contribution in [-0.2, 0) is 9.84 Å². The molecule has 0 spiro atoms. The molecule has 0 fully saturated rings. The maximum atomic E-state index is 12.9. The highest BCUT2D eigenvalue weighted by Gasteiger charge is 2.27. The number of benzene rings is 1. The van der Waals surface area contributed by atoms with Crippen molar-refractivity contribution in [3.8, 4) is 0 Å². The van der Waals surface area contributed by atoms with Gasteiger partial charge in [-0.1, -0.05) is 12.1 Å². The first kappa shape index (κ1) is 14.5. The molecule has 4 N–H and O–H groups in total. The Morgan fingerprint density at radius 1 is 1.18 bits per heavy atom. The van der Waals surface area contributed by atoms with Gasteiger partial charge >= 0.3 is 0 Å². The lowest BCUT2D eigenvalue weighted by Gasteiger charge is -2.11. The minimum Gasteiger partial charge on any atom is -0.345 e. The summed E-state index contributed by atoms with van der Waals surface area (Å²) in [5.74, 6) is 5.45. The van der Waals surface area contributed by atoms with Gasteiger partial charge in [-0.05, 0) is 37.1 Å². The lowest BCUT2D eigenvalue weighted by Crippen LogP contribution is -2.16. The van der Waals surface area contributed by atoms with Crippen LogP contribution in [0.3, 0.4) is 0 Å². The fourth-order valence-corrected chi connectivity index (χ4v) is 3.86. The number of aromatic amines is 1. The number of anilines is 1. The summed E-state index contributed by atoms with van der Waals surface area (Å²) < 4.78 is 25.9. The van der Waals surface area contributed by atoms with Crippen LogP contribution in [0, 0.1) is 13.8 Å². The standard InChI is InChI=1S/C14H15N5O2S/c1-8-4-3-5-11(9(8)2)22(20,21)14-13(19-15)17-10-6-7-16-12(10)18-14/h3-7H,15H2,1-2H3,(H,16,18)(H,17,19). The van der Waals surface area contributed by atoms with Crippen molar-refractivity contribution in [1.29, 1.82) is 0 Å². The van der Waals surface area contributed by atoms with E-state index in [-0.39, 0.29) is 15.7 Å². The summed E-state index contributed by atoms with van der Waals surface area (Å²) in [6.07, 6.45) is 1.64. The van der Waals surface area contributed by atoms with Gasteiger partial charge in [0.2, 0.25) is 14.9 Å². The molecule has 0 unspecified atom stereocenters. The quantitative estimate of drug-likeness (QED) is 0.500. The number of H-pyrrole nitrogens is 1. The number of aryl methyl sites for hydroxylation is 1. The molecule has 0 atom stereocenters. The van der Waals surface area contributed by atoms with Crippen molar-refractivity contribution in [3.05, 3.63) is 41.6 Å². The van der Waals surface area contributed by atoms with Crippen LogP contribution >= 0.6 is 0 Å². The zero-order chi connectivity index (χ0) is 15.9. The second kappa shape index (κ2) is 5.08. The van der Waals surface area contributed by atoms with Crippen molar-refractivity contribution in [3.63, 3.8) is 0 Å². The third-order valence-electron chi connectivity index (χ3n) is 3.59. The molecule has 1 aromatic carbocycles. The molecule has 3 rings (SSSR count). The summed E-state index contributed by atoms with van der Waals surface area (Å²) in [6.45, 7) is 3.62. The molecule has 2 heterocycles. The minimum atomic E-state index is -3.84. The summed E-state index contributed by atoms with van der Waals surface area (Å²) in [6, 6.07) is 6.80. The normalized spacial score (nSPS) is 11.8. The molecule has 0 aliphatic heterocycles. The third kappa shape index (κ3) is 2.13. The average molecular weight is 317 g/mol. The van der Waals surface area contributed by atoms with Crippen LogP contribution in [0.25, 0.3) is 11.2 Å². The lowest BCUT2D eigenvalue weighted by molar-refractivity contribution is 0.592. The molecule has 0 aliphatic carbocycles. The highest BCUT2D eigenvalue weighted by molar-refractivity contribution is 7.91. The molecular formula is C14H15N5O2S. The van der Waals surface area contributed by atoms with Crippen LogP contribution in [0.5, 0.6) is 0 Å². The molecule has 3 aromatic rings. The van der Waals surface area contributed by atoms with Crippen LogP contribution in [0.15, 0.2) is 40.4 Å². The van der Waals surface area contributed by atoms with E-state index in [1.54, 1.807) is 31.3 Å². The number of hydrogen-bond acceptors (Lipinski definition) is 6. The van der Waals surface area contributed by atoms with Crippen molar-refractivity contribution in [2.75, 3.05) is 5.43 Å². The van der Waals surface area contributed by atoms with E-state index in [0.29, 0.717) is 16.7 Å². The minimum absolute atomic E-state index is 0.0213. The van der Waals surface area contributed by atoms with Gasteiger partial charge in [0.05, 0.1) is 4.90 Å². The smallest absolute Gasteiger partial charge is 0.227 e. The van der Waals surface area contributed by atoms with Gasteiger partial charge in [0.1, 0.15) is 5.52 Å². The van der Waals surface area contributed by atoms with E-state index < -0.39 is 9.84 Å². The third-order valence-corrected chi connectivity index (χ3v) is 5.40. The Balaban J connectivity index is 2.31. The molecule has 114 valence electrons. The predicted octanol–water partition coefficient (Wildman–Crippen LogP) is 1.69. The second-order valence-corrected chi connectivity index (χ2v) is 6.77. The molecule has 2 aromatic heterocycles. The summed E-state index contributed by atoms with van der Waals surface area (Å²) in [5, 5.41) is -0.196. The van der Waals surface area contributed by atoms with Crippen LogP contribution in [0.1, 0.15) is 11.1 Å². The molecule has 0 radical (unpaired) electrons. The number of nitrogens with one attached hydrogen (secondary N) is 2. The largest absolute Gasteiger partial charge is 0.345 e. The molecule has 0 saturated carbocycles. The van der Waals surface area contributed by atoms with Crippen LogP contribution in [-0.4, -0.2) is 23.4 Å². The molecule has 8 heteroatoms. The van der Waals surface area contributed by atoms with Crippen molar-refractivity contribution < 1.29 is 8.42 Å². The number of nitrogen functional groups attached to an aromatic ring is 1. The fraction of sp³-hybridized carbons (Fsp3) is 0.143. The lowest BCUT2D eigenvalue weighted by atomic mass is 10.1. The van der Waals surface area contributed by atoms with E-state index in [2.05, 4.69) is 20.4 Å². The number of hydrogen-bond donors (Lipinski definition) is 3. The zero-order valence-corrected chi connectivity index (χ0v) is 12.9. The molecule has 0 amide bonds. The Bertz CT molecular complexity index is 963. The van der Waals surface area contributed by atoms with E-state index in [1.807, 2.05) is 13.0 Å². The number of hydrazine groups is 1. The number of nitrogens with zero attached hydrogens (tertiary/aromatic N) is 2. The SMILES string of the molecule is Cc1cccc(S(=O)(=O)c2nc3[nH]ccc3nc2NN)c1C. The van der Waals surface area contributed by atoms with Gasteiger partial charge in [0, 0.05) is 6.20 Å². The molecule has 22 heavy (non-hydrogen) atoms. The zero-order valence-electron chi connectivity index (χ0n) is 12.1. The van der Waals surface area contributed by atoms with Gasteiger partial charge in [0.15, 0.2) is 11.5 Å². The summed E-state index contributed by atoms with van der Waals surface area (Å²) in [5.41, 5.74) is 4.81. The number of fused-ring (bicyclic) bond motifs is 1. The Morgan fingerprint density at radius 3 is 2.68 bits per heavy atom. The Morgan fingerprint density at radius 2 is 1.95 bits per heavy atom. The monoisotopic (exact) mass is 317 g/mol.